The molecule has 4 aromatic rings. The van der Waals surface area contributed by atoms with Gasteiger partial charge in [0.05, 0.1) is 42.8 Å². The number of piperazine rings is 1. The molecule has 0 saturated carbocycles. The summed E-state index contributed by atoms with van der Waals surface area (Å²) in [5.41, 5.74) is 4.15. The van der Waals surface area contributed by atoms with Crippen molar-refractivity contribution in [2.24, 2.45) is 18.9 Å². The van der Waals surface area contributed by atoms with Gasteiger partial charge in [-0.05, 0) is 62.9 Å². The van der Waals surface area contributed by atoms with Crippen molar-refractivity contribution in [3.63, 3.8) is 0 Å². The number of amides is 3. The van der Waals surface area contributed by atoms with Gasteiger partial charge in [0.2, 0.25) is 5.91 Å². The van der Waals surface area contributed by atoms with Crippen LogP contribution in [0.4, 0.5) is 10.1 Å². The standard InChI is InChI=1S/C42H53ClFN9O6/c1-6-29(11-12-50(25-36(54)55)24-28-20-45-21-28)41(57)51-13-15-52(16-14-51)42(58)31-8-7-30(19-26(31)2)48-40(56)39-46-23-35(49(39)4)33-10-9-32(38(44)37(33)43)34-22-47-53(27(34)3)17-18-59-5/h7-10,19,22-23,28-29,45H,6,11-18,20-21,24-25H2,1-5H3,(H,48,56)(H,54,55). The fourth-order valence-corrected chi connectivity index (χ4v) is 8.04. The minimum atomic E-state index is -0.870. The Hall–Kier alpha value is -5.16. The maximum absolute atomic E-state index is 15.8. The number of benzene rings is 2. The molecule has 17 heteroatoms. The van der Waals surface area contributed by atoms with E-state index in [0.717, 1.165) is 18.8 Å². The molecule has 1 atom stereocenters. The lowest BCUT2D eigenvalue weighted by molar-refractivity contribution is -0.138. The number of carboxylic acids is 1. The van der Waals surface area contributed by atoms with Crippen LogP contribution in [0.15, 0.2) is 42.7 Å². The van der Waals surface area contributed by atoms with E-state index in [1.54, 1.807) is 71.8 Å². The lowest BCUT2D eigenvalue weighted by Gasteiger charge is -2.37. The van der Waals surface area contributed by atoms with Gasteiger partial charge >= 0.3 is 5.97 Å². The predicted octanol–water partition coefficient (Wildman–Crippen LogP) is 4.57. The van der Waals surface area contributed by atoms with Gasteiger partial charge in [-0.3, -0.25) is 28.8 Å². The minimum Gasteiger partial charge on any atom is -0.480 e. The first-order valence-corrected chi connectivity index (χ1v) is 20.4. The fourth-order valence-electron chi connectivity index (χ4n) is 7.78. The van der Waals surface area contributed by atoms with E-state index >= 15 is 4.39 Å². The average Bonchev–Trinajstić information content (AvgIpc) is 3.77. The number of carbonyl (C=O) groups is 4. The molecule has 2 fully saturated rings. The number of hydrogen-bond donors (Lipinski definition) is 3. The summed E-state index contributed by atoms with van der Waals surface area (Å²) in [7, 11) is 3.25. The second-order valence-corrected chi connectivity index (χ2v) is 15.7. The van der Waals surface area contributed by atoms with Gasteiger partial charge in [-0.1, -0.05) is 30.7 Å². The number of hydrogen-bond acceptors (Lipinski definition) is 9. The van der Waals surface area contributed by atoms with Crippen LogP contribution in [-0.2, 0) is 27.9 Å². The summed E-state index contributed by atoms with van der Waals surface area (Å²) >= 11 is 6.59. The molecule has 0 radical (unpaired) electrons. The summed E-state index contributed by atoms with van der Waals surface area (Å²) in [6, 6.07) is 8.39. The first-order valence-electron chi connectivity index (χ1n) is 20.0. The first kappa shape index (κ1) is 43.4. The molecular weight excluding hydrogens is 781 g/mol. The third-order valence-corrected chi connectivity index (χ3v) is 11.8. The highest BCUT2D eigenvalue weighted by molar-refractivity contribution is 6.33. The van der Waals surface area contributed by atoms with E-state index in [2.05, 4.69) is 20.7 Å². The van der Waals surface area contributed by atoms with Gasteiger partial charge in [-0.15, -0.1) is 0 Å². The zero-order chi connectivity index (χ0) is 42.4. The zero-order valence-corrected chi connectivity index (χ0v) is 35.0. The Bertz CT molecular complexity index is 2180. The quantitative estimate of drug-likeness (QED) is 0.137. The number of methoxy groups -OCH3 is 1. The van der Waals surface area contributed by atoms with Crippen LogP contribution >= 0.6 is 11.6 Å². The van der Waals surface area contributed by atoms with E-state index in [4.69, 9.17) is 16.3 Å². The number of halogens is 2. The third-order valence-electron chi connectivity index (χ3n) is 11.4. The Morgan fingerprint density at radius 1 is 1.05 bits per heavy atom. The summed E-state index contributed by atoms with van der Waals surface area (Å²) in [6.45, 7) is 11.2. The Balaban J connectivity index is 1.04. The van der Waals surface area contributed by atoms with Crippen molar-refractivity contribution in [1.82, 2.24) is 39.3 Å². The molecule has 59 heavy (non-hydrogen) atoms. The topological polar surface area (TPSA) is 167 Å². The number of carboxylic acid groups (broad SMARTS) is 1. The van der Waals surface area contributed by atoms with E-state index < -0.39 is 17.7 Å². The number of nitrogens with zero attached hydrogens (tertiary/aromatic N) is 7. The summed E-state index contributed by atoms with van der Waals surface area (Å²) in [6.07, 6.45) is 4.30. The molecule has 1 unspecified atom stereocenters. The normalized spacial score (nSPS) is 15.1. The van der Waals surface area contributed by atoms with Crippen molar-refractivity contribution in [2.45, 2.75) is 40.2 Å². The second-order valence-electron chi connectivity index (χ2n) is 15.3. The van der Waals surface area contributed by atoms with Gasteiger partial charge in [-0.25, -0.2) is 9.37 Å². The Morgan fingerprint density at radius 2 is 1.76 bits per heavy atom. The van der Waals surface area contributed by atoms with Gasteiger partial charge < -0.3 is 34.8 Å². The number of rotatable bonds is 17. The van der Waals surface area contributed by atoms with E-state index in [1.807, 2.05) is 23.6 Å². The number of aliphatic carboxylic acids is 1. The van der Waals surface area contributed by atoms with E-state index in [-0.39, 0.29) is 35.1 Å². The van der Waals surface area contributed by atoms with Crippen LogP contribution in [0.1, 0.15) is 52.0 Å². The van der Waals surface area contributed by atoms with Crippen molar-refractivity contribution < 1.29 is 33.4 Å². The lowest BCUT2D eigenvalue weighted by Crippen LogP contribution is -2.52. The van der Waals surface area contributed by atoms with Crippen LogP contribution in [0.25, 0.3) is 22.4 Å². The largest absolute Gasteiger partial charge is 0.480 e. The molecular formula is C42H53ClFN9O6. The maximum atomic E-state index is 15.8. The highest BCUT2D eigenvalue weighted by Gasteiger charge is 2.30. The van der Waals surface area contributed by atoms with Crippen LogP contribution in [0, 0.1) is 31.5 Å². The van der Waals surface area contributed by atoms with Crippen LogP contribution in [0.3, 0.4) is 0 Å². The molecule has 316 valence electrons. The van der Waals surface area contributed by atoms with E-state index in [0.29, 0.717) is 110 Å². The molecule has 3 amide bonds. The summed E-state index contributed by atoms with van der Waals surface area (Å²) < 4.78 is 24.2. The zero-order valence-electron chi connectivity index (χ0n) is 34.3. The number of carbonyl (C=O) groups excluding carboxylic acids is 3. The molecule has 2 aromatic carbocycles. The molecule has 3 N–H and O–H groups in total. The summed E-state index contributed by atoms with van der Waals surface area (Å²) in [5, 5.41) is 19.7. The molecule has 15 nitrogen and oxygen atoms in total. The molecule has 6 rings (SSSR count). The van der Waals surface area contributed by atoms with Crippen LogP contribution in [0.2, 0.25) is 5.02 Å². The van der Waals surface area contributed by atoms with Crippen LogP contribution < -0.4 is 10.6 Å². The predicted molar refractivity (Wildman–Crippen MR) is 222 cm³/mol. The average molecular weight is 834 g/mol. The van der Waals surface area contributed by atoms with Crippen molar-refractivity contribution >= 4 is 41.0 Å². The van der Waals surface area contributed by atoms with Crippen molar-refractivity contribution in [2.75, 3.05) is 77.9 Å². The van der Waals surface area contributed by atoms with Gasteiger partial charge in [-0.2, -0.15) is 5.10 Å². The van der Waals surface area contributed by atoms with E-state index in [9.17, 15) is 24.3 Å². The molecule has 4 heterocycles. The summed E-state index contributed by atoms with van der Waals surface area (Å²) in [4.78, 5) is 61.8. The summed E-state index contributed by atoms with van der Waals surface area (Å²) in [5.74, 6) is -1.81. The van der Waals surface area contributed by atoms with Gasteiger partial charge in [0.15, 0.2) is 5.82 Å². The van der Waals surface area contributed by atoms with Crippen molar-refractivity contribution in [3.8, 4) is 22.4 Å². The first-order chi connectivity index (χ1) is 28.3. The Morgan fingerprint density at radius 3 is 2.41 bits per heavy atom. The van der Waals surface area contributed by atoms with E-state index in [1.165, 1.54) is 6.20 Å². The Labute approximate surface area is 348 Å². The molecule has 2 aliphatic heterocycles. The molecule has 0 bridgehead atoms. The molecule has 2 aliphatic rings. The number of aromatic nitrogens is 4. The van der Waals surface area contributed by atoms with Crippen LogP contribution in [0.5, 0.6) is 0 Å². The van der Waals surface area contributed by atoms with Crippen LogP contribution in [-0.4, -0.2) is 135 Å². The molecule has 0 spiro atoms. The number of nitrogens with one attached hydrogen (secondary N) is 2. The SMILES string of the molecule is CCC(CCN(CC(=O)O)CC1CNC1)C(=O)N1CCN(C(=O)c2ccc(NC(=O)c3ncc(-c4ccc(-c5cnn(CCOC)c5C)c(F)c4Cl)n3C)cc2C)CC1. The maximum Gasteiger partial charge on any atom is 0.317 e. The van der Waals surface area contributed by atoms with Gasteiger partial charge in [0, 0.05) is 99.5 Å². The molecule has 0 aliphatic carbocycles. The third kappa shape index (κ3) is 9.84. The second kappa shape index (κ2) is 19.3. The molecule has 2 saturated heterocycles. The highest BCUT2D eigenvalue weighted by Crippen LogP contribution is 2.37. The monoisotopic (exact) mass is 833 g/mol. The molecule has 2 aromatic heterocycles. The number of imidazole rings is 1. The Kier molecular flexibility index (Phi) is 14.2. The number of ether oxygens (including phenoxy) is 1. The highest BCUT2D eigenvalue weighted by atomic mass is 35.5. The van der Waals surface area contributed by atoms with Gasteiger partial charge in [0.1, 0.15) is 5.82 Å². The number of aryl methyl sites for hydroxylation is 1. The van der Waals surface area contributed by atoms with Crippen molar-refractivity contribution in [3.05, 3.63) is 76.2 Å². The minimum absolute atomic E-state index is 0.0398. The fraction of sp³-hybridized carbons (Fsp3) is 0.476. The van der Waals surface area contributed by atoms with Gasteiger partial charge in [0.25, 0.3) is 11.8 Å². The van der Waals surface area contributed by atoms with Crippen molar-refractivity contribution in [1.29, 1.82) is 0 Å². The number of anilines is 1. The smallest absolute Gasteiger partial charge is 0.317 e. The lowest BCUT2D eigenvalue weighted by atomic mass is 9.98.